The molecule has 0 spiro atoms. The first kappa shape index (κ1) is 10.5. The van der Waals surface area contributed by atoms with Crippen molar-refractivity contribution in [1.82, 2.24) is 10.2 Å². The largest absolute Gasteiger partial charge is 0.314 e. The van der Waals surface area contributed by atoms with E-state index in [-0.39, 0.29) is 0 Å². The van der Waals surface area contributed by atoms with Gasteiger partial charge in [-0.2, -0.15) is 5.26 Å². The summed E-state index contributed by atoms with van der Waals surface area (Å²) in [4.78, 5) is 2.22. The molecular weight excluding hydrogens is 162 g/mol. The first-order chi connectivity index (χ1) is 6.33. The third kappa shape index (κ3) is 5.62. The Morgan fingerprint density at radius 2 is 2.23 bits per heavy atom. The molecule has 0 heterocycles. The highest BCUT2D eigenvalue weighted by atomic mass is 15.1. The van der Waals surface area contributed by atoms with Crippen molar-refractivity contribution in [2.45, 2.75) is 31.7 Å². The highest BCUT2D eigenvalue weighted by Crippen LogP contribution is 2.18. The average Bonchev–Trinajstić information content (AvgIpc) is 2.92. The molecule has 0 aromatic rings. The van der Waals surface area contributed by atoms with Gasteiger partial charge in [-0.25, -0.2) is 0 Å². The Balaban J connectivity index is 1.83. The normalized spacial score (nSPS) is 16.1. The Hall–Kier alpha value is -0.590. The van der Waals surface area contributed by atoms with Crippen LogP contribution in [-0.4, -0.2) is 37.6 Å². The molecule has 1 aliphatic rings. The fraction of sp³-hybridized carbons (Fsp3) is 0.900. The smallest absolute Gasteiger partial charge is 0.0635 e. The maximum atomic E-state index is 8.38. The van der Waals surface area contributed by atoms with Crippen molar-refractivity contribution in [2.75, 3.05) is 26.7 Å². The van der Waals surface area contributed by atoms with Crippen molar-refractivity contribution < 1.29 is 0 Å². The summed E-state index contributed by atoms with van der Waals surface area (Å²) in [6, 6.07) is 2.98. The van der Waals surface area contributed by atoms with E-state index in [0.29, 0.717) is 6.42 Å². The van der Waals surface area contributed by atoms with Crippen LogP contribution in [0.5, 0.6) is 0 Å². The molecule has 1 aliphatic carbocycles. The maximum absolute atomic E-state index is 8.38. The first-order valence-corrected chi connectivity index (χ1v) is 5.12. The van der Waals surface area contributed by atoms with Crippen LogP contribution in [0.15, 0.2) is 0 Å². The molecule has 3 heteroatoms. The van der Waals surface area contributed by atoms with Gasteiger partial charge in [-0.1, -0.05) is 0 Å². The highest BCUT2D eigenvalue weighted by Gasteiger charge is 2.19. The second-order valence-electron chi connectivity index (χ2n) is 3.79. The van der Waals surface area contributed by atoms with Crippen molar-refractivity contribution in [3.05, 3.63) is 0 Å². The average molecular weight is 181 g/mol. The molecule has 0 amide bonds. The van der Waals surface area contributed by atoms with Crippen LogP contribution in [0.25, 0.3) is 0 Å². The standard InChI is InChI=1S/C10H19N3/c1-13(8-2-6-11)9-3-7-12-10-4-5-10/h10,12H,2-5,7-9H2,1H3. The summed E-state index contributed by atoms with van der Waals surface area (Å²) in [5.74, 6) is 0. The Morgan fingerprint density at radius 3 is 2.85 bits per heavy atom. The lowest BCUT2D eigenvalue weighted by molar-refractivity contribution is 0.334. The second kappa shape index (κ2) is 5.95. The van der Waals surface area contributed by atoms with E-state index in [2.05, 4.69) is 23.3 Å². The van der Waals surface area contributed by atoms with Crippen molar-refractivity contribution in [1.29, 1.82) is 5.26 Å². The predicted molar refractivity (Wildman–Crippen MR) is 53.4 cm³/mol. The zero-order valence-electron chi connectivity index (χ0n) is 8.42. The van der Waals surface area contributed by atoms with E-state index in [4.69, 9.17) is 5.26 Å². The summed E-state index contributed by atoms with van der Waals surface area (Å²) in [6.07, 6.45) is 4.57. The molecule has 0 aromatic heterocycles. The SMILES string of the molecule is CN(CCC#N)CCCNC1CC1. The molecule has 1 saturated carbocycles. The monoisotopic (exact) mass is 181 g/mol. The van der Waals surface area contributed by atoms with E-state index in [1.54, 1.807) is 0 Å². The molecule has 74 valence electrons. The lowest BCUT2D eigenvalue weighted by Gasteiger charge is -2.14. The summed E-state index contributed by atoms with van der Waals surface area (Å²) in [7, 11) is 2.08. The molecule has 0 radical (unpaired) electrons. The van der Waals surface area contributed by atoms with Gasteiger partial charge in [0.05, 0.1) is 6.07 Å². The molecule has 1 N–H and O–H groups in total. The molecule has 0 atom stereocenters. The molecule has 1 fully saturated rings. The lowest BCUT2D eigenvalue weighted by Crippen LogP contribution is -2.25. The Morgan fingerprint density at radius 1 is 1.46 bits per heavy atom. The summed E-state index contributed by atoms with van der Waals surface area (Å²) < 4.78 is 0. The van der Waals surface area contributed by atoms with Crippen LogP contribution in [0.3, 0.4) is 0 Å². The third-order valence-corrected chi connectivity index (χ3v) is 2.33. The fourth-order valence-corrected chi connectivity index (χ4v) is 1.30. The van der Waals surface area contributed by atoms with Gasteiger partial charge in [0.15, 0.2) is 0 Å². The second-order valence-corrected chi connectivity index (χ2v) is 3.79. The quantitative estimate of drug-likeness (QED) is 0.595. The van der Waals surface area contributed by atoms with Crippen LogP contribution in [0.4, 0.5) is 0 Å². The Bertz CT molecular complexity index is 169. The molecule has 3 nitrogen and oxygen atoms in total. The zero-order chi connectivity index (χ0) is 9.52. The van der Waals surface area contributed by atoms with Gasteiger partial charge in [0.1, 0.15) is 0 Å². The molecule has 0 aromatic carbocycles. The van der Waals surface area contributed by atoms with Gasteiger partial charge >= 0.3 is 0 Å². The number of hydrogen-bond acceptors (Lipinski definition) is 3. The van der Waals surface area contributed by atoms with Gasteiger partial charge in [-0.15, -0.1) is 0 Å². The van der Waals surface area contributed by atoms with Crippen LogP contribution >= 0.6 is 0 Å². The van der Waals surface area contributed by atoms with Crippen LogP contribution < -0.4 is 5.32 Å². The predicted octanol–water partition coefficient (Wildman–Crippen LogP) is 0.974. The summed E-state index contributed by atoms with van der Waals surface area (Å²) in [6.45, 7) is 3.13. The van der Waals surface area contributed by atoms with E-state index in [1.165, 1.54) is 19.3 Å². The fourth-order valence-electron chi connectivity index (χ4n) is 1.30. The van der Waals surface area contributed by atoms with E-state index >= 15 is 0 Å². The van der Waals surface area contributed by atoms with Gasteiger partial charge in [0.25, 0.3) is 0 Å². The van der Waals surface area contributed by atoms with E-state index < -0.39 is 0 Å². The number of rotatable bonds is 7. The minimum absolute atomic E-state index is 0.645. The maximum Gasteiger partial charge on any atom is 0.0635 e. The van der Waals surface area contributed by atoms with Gasteiger partial charge in [-0.3, -0.25) is 0 Å². The molecule has 13 heavy (non-hydrogen) atoms. The lowest BCUT2D eigenvalue weighted by atomic mass is 10.3. The zero-order valence-corrected chi connectivity index (χ0v) is 8.42. The topological polar surface area (TPSA) is 39.1 Å². The first-order valence-electron chi connectivity index (χ1n) is 5.12. The summed E-state index contributed by atoms with van der Waals surface area (Å²) >= 11 is 0. The summed E-state index contributed by atoms with van der Waals surface area (Å²) in [5.41, 5.74) is 0. The molecule has 0 aliphatic heterocycles. The van der Waals surface area contributed by atoms with Crippen molar-refractivity contribution >= 4 is 0 Å². The molecular formula is C10H19N3. The molecule has 1 rings (SSSR count). The van der Waals surface area contributed by atoms with Crippen molar-refractivity contribution in [2.24, 2.45) is 0 Å². The molecule has 0 saturated heterocycles. The van der Waals surface area contributed by atoms with Crippen LogP contribution in [0.2, 0.25) is 0 Å². The highest BCUT2D eigenvalue weighted by molar-refractivity contribution is 4.80. The molecule has 0 unspecified atom stereocenters. The number of hydrogen-bond donors (Lipinski definition) is 1. The van der Waals surface area contributed by atoms with Crippen molar-refractivity contribution in [3.63, 3.8) is 0 Å². The number of nitrogens with one attached hydrogen (secondary N) is 1. The van der Waals surface area contributed by atoms with E-state index in [1.807, 2.05) is 0 Å². The Labute approximate surface area is 80.7 Å². The van der Waals surface area contributed by atoms with Crippen molar-refractivity contribution in [3.8, 4) is 6.07 Å². The van der Waals surface area contributed by atoms with Gasteiger partial charge in [0.2, 0.25) is 0 Å². The number of nitriles is 1. The van der Waals surface area contributed by atoms with E-state index in [9.17, 15) is 0 Å². The molecule has 0 bridgehead atoms. The summed E-state index contributed by atoms with van der Waals surface area (Å²) in [5, 5.41) is 11.9. The van der Waals surface area contributed by atoms with Crippen LogP contribution in [0, 0.1) is 11.3 Å². The number of nitrogens with zero attached hydrogens (tertiary/aromatic N) is 2. The van der Waals surface area contributed by atoms with Gasteiger partial charge < -0.3 is 10.2 Å². The van der Waals surface area contributed by atoms with E-state index in [0.717, 1.165) is 25.7 Å². The van der Waals surface area contributed by atoms with Gasteiger partial charge in [-0.05, 0) is 39.4 Å². The minimum Gasteiger partial charge on any atom is -0.314 e. The third-order valence-electron chi connectivity index (χ3n) is 2.33. The van der Waals surface area contributed by atoms with Crippen LogP contribution in [0.1, 0.15) is 25.7 Å². The Kier molecular flexibility index (Phi) is 4.81. The van der Waals surface area contributed by atoms with Crippen LogP contribution in [-0.2, 0) is 0 Å². The van der Waals surface area contributed by atoms with Gasteiger partial charge in [0, 0.05) is 19.0 Å². The minimum atomic E-state index is 0.645.